The Morgan fingerprint density at radius 3 is 3.06 bits per heavy atom. The molecule has 1 saturated heterocycles. The first-order valence-electron chi connectivity index (χ1n) is 5.84. The van der Waals surface area contributed by atoms with E-state index >= 15 is 0 Å². The van der Waals surface area contributed by atoms with Gasteiger partial charge in [0.1, 0.15) is 0 Å². The zero-order chi connectivity index (χ0) is 12.0. The van der Waals surface area contributed by atoms with Crippen LogP contribution in [-0.4, -0.2) is 52.9 Å². The van der Waals surface area contributed by atoms with Crippen LogP contribution in [0.2, 0.25) is 0 Å². The Morgan fingerprint density at radius 2 is 2.44 bits per heavy atom. The third-order valence-corrected chi connectivity index (χ3v) is 4.87. The smallest absolute Gasteiger partial charge is 0.239 e. The van der Waals surface area contributed by atoms with Crippen molar-refractivity contribution >= 4 is 29.4 Å². The Morgan fingerprint density at radius 1 is 1.69 bits per heavy atom. The number of nitrogens with zero attached hydrogens (tertiary/aromatic N) is 1. The van der Waals surface area contributed by atoms with Crippen molar-refractivity contribution < 1.29 is 4.79 Å². The SMILES string of the molecule is CCC1CN(C(=O)[C@H](N)CCSC)CCS1. The number of carbonyl (C=O) groups excluding carboxylic acids is 1. The molecule has 3 nitrogen and oxygen atoms in total. The first-order valence-corrected chi connectivity index (χ1v) is 8.28. The molecule has 0 aliphatic carbocycles. The van der Waals surface area contributed by atoms with Crippen LogP contribution in [0.5, 0.6) is 0 Å². The molecule has 0 aromatic carbocycles. The summed E-state index contributed by atoms with van der Waals surface area (Å²) in [5, 5.41) is 0.602. The fourth-order valence-corrected chi connectivity index (χ4v) is 3.44. The van der Waals surface area contributed by atoms with Crippen molar-refractivity contribution in [3.8, 4) is 0 Å². The van der Waals surface area contributed by atoms with E-state index in [0.29, 0.717) is 5.25 Å². The zero-order valence-corrected chi connectivity index (χ0v) is 11.8. The van der Waals surface area contributed by atoms with Gasteiger partial charge in [0, 0.05) is 24.1 Å². The van der Waals surface area contributed by atoms with Gasteiger partial charge in [0.05, 0.1) is 6.04 Å². The Kier molecular flexibility index (Phi) is 6.61. The van der Waals surface area contributed by atoms with E-state index in [2.05, 4.69) is 6.92 Å². The van der Waals surface area contributed by atoms with Crippen LogP contribution in [0.15, 0.2) is 0 Å². The monoisotopic (exact) mass is 262 g/mol. The molecule has 16 heavy (non-hydrogen) atoms. The lowest BCUT2D eigenvalue weighted by Gasteiger charge is -2.33. The summed E-state index contributed by atoms with van der Waals surface area (Å²) in [5.74, 6) is 2.17. The van der Waals surface area contributed by atoms with Gasteiger partial charge in [0.2, 0.25) is 5.91 Å². The van der Waals surface area contributed by atoms with E-state index in [1.807, 2.05) is 22.9 Å². The van der Waals surface area contributed by atoms with Gasteiger partial charge in [0.25, 0.3) is 0 Å². The van der Waals surface area contributed by atoms with Crippen LogP contribution >= 0.6 is 23.5 Å². The molecule has 0 saturated carbocycles. The van der Waals surface area contributed by atoms with Gasteiger partial charge in [-0.05, 0) is 24.9 Å². The summed E-state index contributed by atoms with van der Waals surface area (Å²) in [7, 11) is 0. The van der Waals surface area contributed by atoms with Gasteiger partial charge in [-0.2, -0.15) is 23.5 Å². The van der Waals surface area contributed by atoms with Crippen LogP contribution in [0.4, 0.5) is 0 Å². The lowest BCUT2D eigenvalue weighted by molar-refractivity contribution is -0.132. The zero-order valence-electron chi connectivity index (χ0n) is 10.1. The summed E-state index contributed by atoms with van der Waals surface area (Å²) in [6, 6.07) is -0.298. The molecule has 1 amide bonds. The van der Waals surface area contributed by atoms with Gasteiger partial charge >= 0.3 is 0 Å². The molecular formula is C11H22N2OS2. The lowest BCUT2D eigenvalue weighted by atomic mass is 10.2. The maximum Gasteiger partial charge on any atom is 0.239 e. The van der Waals surface area contributed by atoms with Crippen LogP contribution in [0, 0.1) is 0 Å². The maximum absolute atomic E-state index is 12.0. The molecule has 1 aliphatic rings. The highest BCUT2D eigenvalue weighted by Crippen LogP contribution is 2.21. The van der Waals surface area contributed by atoms with E-state index in [9.17, 15) is 4.79 Å². The summed E-state index contributed by atoms with van der Waals surface area (Å²) in [6.07, 6.45) is 3.97. The second kappa shape index (κ2) is 7.45. The standard InChI is InChI=1S/C11H22N2OS2/c1-3-9-8-13(5-7-16-9)11(14)10(12)4-6-15-2/h9-10H,3-8,12H2,1-2H3/t9?,10-/m1/s1. The van der Waals surface area contributed by atoms with Crippen molar-refractivity contribution in [2.75, 3.05) is 30.9 Å². The van der Waals surface area contributed by atoms with Gasteiger partial charge in [-0.1, -0.05) is 6.92 Å². The van der Waals surface area contributed by atoms with Crippen LogP contribution in [0.3, 0.4) is 0 Å². The quantitative estimate of drug-likeness (QED) is 0.814. The molecule has 94 valence electrons. The maximum atomic E-state index is 12.0. The number of hydrogen-bond donors (Lipinski definition) is 1. The fourth-order valence-electron chi connectivity index (χ4n) is 1.77. The molecule has 0 aromatic heterocycles. The summed E-state index contributed by atoms with van der Waals surface area (Å²) >= 11 is 3.72. The van der Waals surface area contributed by atoms with Crippen LogP contribution in [0.1, 0.15) is 19.8 Å². The predicted molar refractivity (Wildman–Crippen MR) is 74.1 cm³/mol. The van der Waals surface area contributed by atoms with Gasteiger partial charge < -0.3 is 10.6 Å². The highest BCUT2D eigenvalue weighted by Gasteiger charge is 2.26. The number of hydrogen-bond acceptors (Lipinski definition) is 4. The normalized spacial score (nSPS) is 23.2. The molecule has 1 unspecified atom stereocenters. The molecule has 1 fully saturated rings. The van der Waals surface area contributed by atoms with Gasteiger partial charge in [-0.3, -0.25) is 4.79 Å². The Hall–Kier alpha value is 0.130. The van der Waals surface area contributed by atoms with E-state index in [4.69, 9.17) is 5.73 Å². The molecule has 0 radical (unpaired) electrons. The Balaban J connectivity index is 2.40. The predicted octanol–water partition coefficient (Wildman–Crippen LogP) is 1.42. The number of amides is 1. The van der Waals surface area contributed by atoms with Crippen molar-refractivity contribution in [2.24, 2.45) is 5.73 Å². The molecule has 2 atom stereocenters. The van der Waals surface area contributed by atoms with Gasteiger partial charge in [0.15, 0.2) is 0 Å². The molecule has 1 heterocycles. The first kappa shape index (κ1) is 14.2. The van der Waals surface area contributed by atoms with Crippen molar-refractivity contribution in [1.82, 2.24) is 4.90 Å². The number of rotatable bonds is 5. The number of carbonyl (C=O) groups is 1. The molecule has 0 aromatic rings. The summed E-state index contributed by atoms with van der Waals surface area (Å²) in [6.45, 7) is 3.93. The Bertz CT molecular complexity index is 226. The average molecular weight is 262 g/mol. The molecule has 5 heteroatoms. The number of nitrogens with two attached hydrogens (primary N) is 1. The molecule has 0 spiro atoms. The van der Waals surface area contributed by atoms with Crippen molar-refractivity contribution in [3.63, 3.8) is 0 Å². The highest BCUT2D eigenvalue weighted by molar-refractivity contribution is 8.00. The van der Waals surface area contributed by atoms with Crippen molar-refractivity contribution in [3.05, 3.63) is 0 Å². The molecule has 0 bridgehead atoms. The minimum atomic E-state index is -0.298. The minimum Gasteiger partial charge on any atom is -0.339 e. The van der Waals surface area contributed by atoms with Crippen molar-refractivity contribution in [2.45, 2.75) is 31.1 Å². The largest absolute Gasteiger partial charge is 0.339 e. The third-order valence-electron chi connectivity index (χ3n) is 2.86. The van der Waals surface area contributed by atoms with E-state index in [0.717, 1.165) is 37.4 Å². The topological polar surface area (TPSA) is 46.3 Å². The van der Waals surface area contributed by atoms with E-state index in [1.54, 1.807) is 11.8 Å². The van der Waals surface area contributed by atoms with E-state index in [1.165, 1.54) is 0 Å². The average Bonchev–Trinajstić information content (AvgIpc) is 2.35. The van der Waals surface area contributed by atoms with E-state index < -0.39 is 0 Å². The first-order chi connectivity index (χ1) is 7.69. The Labute approximate surface area is 107 Å². The fraction of sp³-hybridized carbons (Fsp3) is 0.909. The second-order valence-corrected chi connectivity index (χ2v) is 6.47. The van der Waals surface area contributed by atoms with Crippen LogP contribution < -0.4 is 5.73 Å². The highest BCUT2D eigenvalue weighted by atomic mass is 32.2. The minimum absolute atomic E-state index is 0.146. The van der Waals surface area contributed by atoms with Crippen molar-refractivity contribution in [1.29, 1.82) is 0 Å². The molecule has 1 aliphatic heterocycles. The molecular weight excluding hydrogens is 240 g/mol. The molecule has 2 N–H and O–H groups in total. The summed E-state index contributed by atoms with van der Waals surface area (Å²) < 4.78 is 0. The van der Waals surface area contributed by atoms with E-state index in [-0.39, 0.29) is 11.9 Å². The summed E-state index contributed by atoms with van der Waals surface area (Å²) in [4.78, 5) is 14.0. The molecule has 1 rings (SSSR count). The van der Waals surface area contributed by atoms with Gasteiger partial charge in [-0.15, -0.1) is 0 Å². The number of thioether (sulfide) groups is 2. The third kappa shape index (κ3) is 4.18. The second-order valence-electron chi connectivity index (χ2n) is 4.07. The van der Waals surface area contributed by atoms with Crippen LogP contribution in [-0.2, 0) is 4.79 Å². The summed E-state index contributed by atoms with van der Waals surface area (Å²) in [5.41, 5.74) is 5.91. The lowest BCUT2D eigenvalue weighted by Crippen LogP contribution is -2.49. The van der Waals surface area contributed by atoms with Gasteiger partial charge in [-0.25, -0.2) is 0 Å². The van der Waals surface area contributed by atoms with Crippen LogP contribution in [0.25, 0.3) is 0 Å².